The normalized spacial score (nSPS) is 26.6. The fourth-order valence-corrected chi connectivity index (χ4v) is 7.09. The highest BCUT2D eigenvalue weighted by Crippen LogP contribution is 2.60. The lowest BCUT2D eigenvalue weighted by atomic mass is 9.58. The van der Waals surface area contributed by atoms with Crippen molar-refractivity contribution in [1.82, 2.24) is 10.7 Å². The summed E-state index contributed by atoms with van der Waals surface area (Å²) in [5, 5.41) is 6.61. The fraction of sp³-hybridized carbons (Fsp3) is 0.652. The predicted octanol–water partition coefficient (Wildman–Crippen LogP) is 10.2. The number of hydrazone groups is 1. The van der Waals surface area contributed by atoms with Crippen molar-refractivity contribution < 1.29 is 38.4 Å². The van der Waals surface area contributed by atoms with Crippen LogP contribution in [0.2, 0.25) is 0 Å². The Labute approximate surface area is 351 Å². The lowest BCUT2D eigenvalue weighted by Crippen LogP contribution is -2.70. The molecule has 2 aromatic rings. The molecule has 4 saturated heterocycles. The zero-order chi connectivity index (χ0) is 45.1. The second-order valence-electron chi connectivity index (χ2n) is 12.8. The van der Waals surface area contributed by atoms with Gasteiger partial charge >= 0.3 is 0 Å². The van der Waals surface area contributed by atoms with Gasteiger partial charge in [0.2, 0.25) is 11.7 Å². The van der Waals surface area contributed by atoms with Crippen LogP contribution in [-0.2, 0) is 35.4 Å². The second-order valence-corrected chi connectivity index (χ2v) is 12.8. The molecule has 0 aromatic heterocycles. The average Bonchev–Trinajstić information content (AvgIpc) is 3.51. The number of carbonyl (C=O) groups excluding carboxylic acids is 3. The number of carbonyl (C=O) groups is 3. The SMILES string of the molecule is CC.CC.CC.CC.CC.CC.CC(N)=O.CNC(=O)c1ccc(/C=N/NC(=O)c2ccc(COC3OC4O[C@@]5(C)CCC6[C@H](C)CCC([C@H]3C)[C@@]46OO5)cc2)cc1. The molecule has 12 heteroatoms. The first kappa shape index (κ1) is 56.4. The highest BCUT2D eigenvalue weighted by molar-refractivity contribution is 5.96. The van der Waals surface area contributed by atoms with Crippen molar-refractivity contribution >= 4 is 23.9 Å². The van der Waals surface area contributed by atoms with E-state index in [1.807, 2.05) is 102 Å². The molecule has 1 aliphatic carbocycles. The van der Waals surface area contributed by atoms with E-state index in [2.05, 4.69) is 35.4 Å². The van der Waals surface area contributed by atoms with Crippen LogP contribution in [0.15, 0.2) is 53.6 Å². The Kier molecular flexibility index (Phi) is 29.5. The molecule has 58 heavy (non-hydrogen) atoms. The molecular formula is C46H80N4O8. The number of benzene rings is 2. The molecule has 7 rings (SSSR count). The Hall–Kier alpha value is -3.68. The van der Waals surface area contributed by atoms with Gasteiger partial charge in [0.25, 0.3) is 11.8 Å². The Bertz CT molecular complexity index is 1430. The van der Waals surface area contributed by atoms with Crippen LogP contribution in [-0.4, -0.2) is 55.0 Å². The van der Waals surface area contributed by atoms with Crippen LogP contribution >= 0.6 is 0 Å². The fourth-order valence-electron chi connectivity index (χ4n) is 7.09. The molecule has 5 fully saturated rings. The van der Waals surface area contributed by atoms with Gasteiger partial charge in [0.1, 0.15) is 0 Å². The summed E-state index contributed by atoms with van der Waals surface area (Å²) in [5.41, 5.74) is 9.11. The van der Waals surface area contributed by atoms with E-state index in [1.54, 1.807) is 43.4 Å². The highest BCUT2D eigenvalue weighted by Gasteiger charge is 2.69. The molecular weight excluding hydrogens is 737 g/mol. The van der Waals surface area contributed by atoms with E-state index in [4.69, 9.17) is 24.0 Å². The van der Waals surface area contributed by atoms with Gasteiger partial charge in [0.15, 0.2) is 18.2 Å². The zero-order valence-corrected chi connectivity index (χ0v) is 39.0. The maximum absolute atomic E-state index is 12.6. The Morgan fingerprint density at radius 2 is 1.31 bits per heavy atom. The van der Waals surface area contributed by atoms with Crippen LogP contribution in [0.3, 0.4) is 0 Å². The van der Waals surface area contributed by atoms with Gasteiger partial charge in [-0.05, 0) is 73.4 Å². The summed E-state index contributed by atoms with van der Waals surface area (Å²) in [7, 11) is 1.58. The molecule has 4 aliphatic heterocycles. The standard InChI is InChI=1S/C32H39N3O7.C2H5NO.6C2H6/c1-19-5-14-26-20(2)29(39-30-32(26)25(19)15-16-31(3,40-30)41-42-32)38-18-22-8-12-24(13-9-22)28(37)35-34-17-21-6-10-23(11-7-21)27(36)33-4;1-2(3)4;6*1-2/h6-13,17,19-20,25-26,29-30H,5,14-16,18H2,1-4H3,(H,33,36)(H,35,37);1H3,(H2,3,4);6*1-2H3/b34-17+;;;;;;;/t19-,20-,25?,26?,29?,30?,31-,32-;;;;;;;/m1......./s1. The summed E-state index contributed by atoms with van der Waals surface area (Å²) in [6, 6.07) is 14.1. The number of nitrogens with zero attached hydrogens (tertiary/aromatic N) is 1. The summed E-state index contributed by atoms with van der Waals surface area (Å²) >= 11 is 0. The Morgan fingerprint density at radius 1 is 0.793 bits per heavy atom. The van der Waals surface area contributed by atoms with Crippen LogP contribution in [0.1, 0.15) is 168 Å². The minimum atomic E-state index is -0.819. The first-order chi connectivity index (χ1) is 28.0. The summed E-state index contributed by atoms with van der Waals surface area (Å²) in [6.07, 6.45) is 4.44. The van der Waals surface area contributed by atoms with Crippen molar-refractivity contribution in [3.8, 4) is 0 Å². The minimum Gasteiger partial charge on any atom is -0.370 e. The third-order valence-electron chi connectivity index (χ3n) is 9.51. The summed E-state index contributed by atoms with van der Waals surface area (Å²) in [4.78, 5) is 45.6. The molecule has 4 unspecified atom stereocenters. The molecule has 4 heterocycles. The molecule has 5 aliphatic rings. The Balaban J connectivity index is 0. The van der Waals surface area contributed by atoms with E-state index in [1.165, 1.54) is 13.1 Å². The van der Waals surface area contributed by atoms with Crippen molar-refractivity contribution in [3.05, 3.63) is 70.8 Å². The van der Waals surface area contributed by atoms with E-state index < -0.39 is 24.0 Å². The molecule has 8 atom stereocenters. The molecule has 3 amide bonds. The van der Waals surface area contributed by atoms with E-state index in [-0.39, 0.29) is 29.6 Å². The first-order valence-electron chi connectivity index (χ1n) is 21.8. The number of amides is 3. The number of nitrogens with one attached hydrogen (secondary N) is 2. The van der Waals surface area contributed by atoms with E-state index in [0.29, 0.717) is 29.6 Å². The summed E-state index contributed by atoms with van der Waals surface area (Å²) < 4.78 is 19.2. The van der Waals surface area contributed by atoms with Crippen LogP contribution in [0.5, 0.6) is 0 Å². The van der Waals surface area contributed by atoms with Gasteiger partial charge in [0, 0.05) is 43.4 Å². The maximum atomic E-state index is 12.6. The lowest BCUT2D eigenvalue weighted by molar-refractivity contribution is -0.577. The van der Waals surface area contributed by atoms with Crippen molar-refractivity contribution in [1.29, 1.82) is 0 Å². The number of hydrogen-bond acceptors (Lipinski definition) is 9. The largest absolute Gasteiger partial charge is 0.370 e. The van der Waals surface area contributed by atoms with Gasteiger partial charge in [-0.25, -0.2) is 15.2 Å². The van der Waals surface area contributed by atoms with Crippen LogP contribution in [0, 0.1) is 23.7 Å². The van der Waals surface area contributed by atoms with Crippen molar-refractivity contribution in [2.24, 2.45) is 34.5 Å². The number of rotatable bonds is 7. The van der Waals surface area contributed by atoms with E-state index >= 15 is 0 Å². The predicted molar refractivity (Wildman–Crippen MR) is 236 cm³/mol. The maximum Gasteiger partial charge on any atom is 0.271 e. The number of fused-ring (bicyclic) bond motifs is 2. The number of nitrogens with two attached hydrogens (primary N) is 1. The Morgan fingerprint density at radius 3 is 1.84 bits per heavy atom. The smallest absolute Gasteiger partial charge is 0.271 e. The van der Waals surface area contributed by atoms with Crippen LogP contribution < -0.4 is 16.5 Å². The third-order valence-corrected chi connectivity index (χ3v) is 9.51. The summed E-state index contributed by atoms with van der Waals surface area (Å²) in [5.74, 6) is -0.529. The molecule has 0 radical (unpaired) electrons. The quantitative estimate of drug-likeness (QED) is 0.141. The average molecular weight is 817 g/mol. The van der Waals surface area contributed by atoms with E-state index in [0.717, 1.165) is 36.8 Å². The molecule has 1 saturated carbocycles. The molecule has 2 aromatic carbocycles. The van der Waals surface area contributed by atoms with Gasteiger partial charge in [-0.15, -0.1) is 0 Å². The van der Waals surface area contributed by atoms with Gasteiger partial charge in [-0.3, -0.25) is 14.4 Å². The zero-order valence-electron chi connectivity index (χ0n) is 39.0. The van der Waals surface area contributed by atoms with Gasteiger partial charge in [-0.2, -0.15) is 5.10 Å². The first-order valence-corrected chi connectivity index (χ1v) is 21.8. The van der Waals surface area contributed by atoms with Crippen LogP contribution in [0.4, 0.5) is 0 Å². The molecule has 1 spiro atoms. The minimum absolute atomic E-state index is 0.0915. The molecule has 12 nitrogen and oxygen atoms in total. The van der Waals surface area contributed by atoms with Crippen molar-refractivity contribution in [3.63, 3.8) is 0 Å². The molecule has 2 bridgehead atoms. The third kappa shape index (κ3) is 15.5. The highest BCUT2D eigenvalue weighted by atomic mass is 17.3. The monoisotopic (exact) mass is 817 g/mol. The topological polar surface area (TPSA) is 160 Å². The van der Waals surface area contributed by atoms with Gasteiger partial charge in [0.05, 0.1) is 12.8 Å². The lowest BCUT2D eigenvalue weighted by Gasteiger charge is -2.60. The van der Waals surface area contributed by atoms with Crippen molar-refractivity contribution in [2.75, 3.05) is 7.05 Å². The molecule has 332 valence electrons. The van der Waals surface area contributed by atoms with Crippen molar-refractivity contribution in [2.45, 2.75) is 167 Å². The van der Waals surface area contributed by atoms with Gasteiger partial charge < -0.3 is 25.3 Å². The summed E-state index contributed by atoms with van der Waals surface area (Å²) in [6.45, 7) is 32.0. The molecule has 4 N–H and O–H groups in total. The number of hydrogen-bond donors (Lipinski definition) is 3. The van der Waals surface area contributed by atoms with E-state index in [9.17, 15) is 14.4 Å². The second kappa shape index (κ2) is 30.4. The number of primary amides is 1. The van der Waals surface area contributed by atoms with Gasteiger partial charge in [-0.1, -0.05) is 121 Å². The van der Waals surface area contributed by atoms with Crippen LogP contribution in [0.25, 0.3) is 0 Å². The number of ether oxygens (including phenoxy) is 3.